The van der Waals surface area contributed by atoms with E-state index in [-0.39, 0.29) is 20.1 Å². The van der Waals surface area contributed by atoms with Crippen molar-refractivity contribution >= 4 is 0 Å². The van der Waals surface area contributed by atoms with E-state index in [1.165, 1.54) is 0 Å². The van der Waals surface area contributed by atoms with Crippen LogP contribution in [0.5, 0.6) is 0 Å². The zero-order chi connectivity index (χ0) is 10.6. The molecule has 0 saturated heterocycles. The van der Waals surface area contributed by atoms with Gasteiger partial charge >= 0.3 is 20.1 Å². The second-order valence-electron chi connectivity index (χ2n) is 2.65. The van der Waals surface area contributed by atoms with Crippen molar-refractivity contribution in [2.45, 2.75) is 0 Å². The molecule has 3 nitrogen and oxygen atoms in total. The first-order valence-corrected chi connectivity index (χ1v) is 4.73. The summed E-state index contributed by atoms with van der Waals surface area (Å²) in [5, 5.41) is 0. The molecule has 3 heterocycles. The Morgan fingerprint density at radius 1 is 0.375 bits per heavy atom. The summed E-state index contributed by atoms with van der Waals surface area (Å²) < 4.78 is 0. The normalized spacial score (nSPS) is 7.50. The number of hydrogen-bond acceptors (Lipinski definition) is 0. The Morgan fingerprint density at radius 2 is 0.562 bits per heavy atom. The molecule has 3 aromatic heterocycles. The molecule has 3 rings (SSSR count). The second kappa shape index (κ2) is 11.6. The molecule has 16 heavy (non-hydrogen) atoms. The first kappa shape index (κ1) is 14.5. The number of H-pyrrole nitrogens is 3. The Hall–Kier alpha value is -1.51. The van der Waals surface area contributed by atoms with Crippen LogP contribution in [0.1, 0.15) is 0 Å². The SMILES string of the molecule is [Ir+3].c1cc[nH]c1.c1cc[nH]c1.c1cc[nH]c1. The first-order chi connectivity index (χ1) is 7.50. The summed E-state index contributed by atoms with van der Waals surface area (Å²) in [6.07, 6.45) is 11.2. The molecule has 0 saturated carbocycles. The average Bonchev–Trinajstić information content (AvgIpc) is 3.09. The number of hydrogen-bond donors (Lipinski definition) is 3. The van der Waals surface area contributed by atoms with Crippen LogP contribution in [0.4, 0.5) is 0 Å². The summed E-state index contributed by atoms with van der Waals surface area (Å²) >= 11 is 0. The summed E-state index contributed by atoms with van der Waals surface area (Å²) in [5.74, 6) is 0. The molecule has 3 N–H and O–H groups in total. The quantitative estimate of drug-likeness (QED) is 0.526. The van der Waals surface area contributed by atoms with Gasteiger partial charge in [0, 0.05) is 37.2 Å². The zero-order valence-corrected chi connectivity index (χ0v) is 11.2. The van der Waals surface area contributed by atoms with Crippen LogP contribution in [-0.2, 0) is 20.1 Å². The van der Waals surface area contributed by atoms with Gasteiger partial charge in [-0.1, -0.05) is 0 Å². The fourth-order valence-electron chi connectivity index (χ4n) is 0.833. The molecule has 0 bridgehead atoms. The van der Waals surface area contributed by atoms with Gasteiger partial charge in [-0.2, -0.15) is 0 Å². The van der Waals surface area contributed by atoms with Crippen LogP contribution in [0.15, 0.2) is 73.6 Å². The Morgan fingerprint density at radius 3 is 0.625 bits per heavy atom. The molecule has 0 atom stereocenters. The minimum Gasteiger partial charge on any atom is -0.368 e. The van der Waals surface area contributed by atoms with Gasteiger partial charge in [-0.3, -0.25) is 0 Å². The van der Waals surface area contributed by atoms with Crippen molar-refractivity contribution in [3.8, 4) is 0 Å². The van der Waals surface area contributed by atoms with Crippen LogP contribution in [0.2, 0.25) is 0 Å². The van der Waals surface area contributed by atoms with Gasteiger partial charge in [-0.15, -0.1) is 0 Å². The molecule has 0 amide bonds. The molecule has 0 unspecified atom stereocenters. The third-order valence-electron chi connectivity index (χ3n) is 1.49. The fourth-order valence-corrected chi connectivity index (χ4v) is 0.833. The zero-order valence-electron chi connectivity index (χ0n) is 8.76. The molecule has 0 spiro atoms. The van der Waals surface area contributed by atoms with Crippen LogP contribution in [0, 0.1) is 0 Å². The minimum atomic E-state index is 0. The molecule has 4 heteroatoms. The van der Waals surface area contributed by atoms with E-state index in [1.54, 1.807) is 0 Å². The maximum Gasteiger partial charge on any atom is 3.00 e. The van der Waals surface area contributed by atoms with Gasteiger partial charge in [0.2, 0.25) is 0 Å². The molecule has 0 fully saturated rings. The van der Waals surface area contributed by atoms with Crippen LogP contribution >= 0.6 is 0 Å². The van der Waals surface area contributed by atoms with Gasteiger partial charge in [0.1, 0.15) is 0 Å². The molecule has 3 aromatic rings. The Kier molecular flexibility index (Phi) is 10.5. The van der Waals surface area contributed by atoms with Crippen molar-refractivity contribution in [1.29, 1.82) is 0 Å². The molecule has 0 radical (unpaired) electrons. The number of nitrogens with one attached hydrogen (secondary N) is 3. The van der Waals surface area contributed by atoms with Crippen molar-refractivity contribution in [2.75, 3.05) is 0 Å². The summed E-state index contributed by atoms with van der Waals surface area (Å²) in [6.45, 7) is 0. The van der Waals surface area contributed by atoms with Crippen LogP contribution < -0.4 is 0 Å². The standard InChI is InChI=1S/3C4H5N.Ir/c3*1-2-4-5-3-1;/h3*1-5H;/q;;;+3. The van der Waals surface area contributed by atoms with Crippen molar-refractivity contribution in [3.63, 3.8) is 0 Å². The van der Waals surface area contributed by atoms with Crippen molar-refractivity contribution in [2.24, 2.45) is 0 Å². The average molecular weight is 393 g/mol. The molecular formula is C12H15IrN3+3. The molecular weight excluding hydrogens is 378 g/mol. The van der Waals surface area contributed by atoms with Crippen LogP contribution in [0.3, 0.4) is 0 Å². The molecule has 0 aliphatic carbocycles. The summed E-state index contributed by atoms with van der Waals surface area (Å²) in [6, 6.07) is 11.7. The third-order valence-corrected chi connectivity index (χ3v) is 1.49. The second-order valence-corrected chi connectivity index (χ2v) is 2.65. The molecule has 84 valence electrons. The maximum atomic E-state index is 2.86. The van der Waals surface area contributed by atoms with E-state index in [0.717, 1.165) is 0 Å². The van der Waals surface area contributed by atoms with E-state index in [0.29, 0.717) is 0 Å². The largest absolute Gasteiger partial charge is 3.00 e. The monoisotopic (exact) mass is 394 g/mol. The Bertz CT molecular complexity index is 248. The van der Waals surface area contributed by atoms with Gasteiger partial charge in [0.25, 0.3) is 0 Å². The van der Waals surface area contributed by atoms with E-state index < -0.39 is 0 Å². The number of aromatic amines is 3. The van der Waals surface area contributed by atoms with Gasteiger partial charge < -0.3 is 15.0 Å². The minimum absolute atomic E-state index is 0. The summed E-state index contributed by atoms with van der Waals surface area (Å²) in [4.78, 5) is 8.58. The Balaban J connectivity index is 0.000000205. The van der Waals surface area contributed by atoms with Gasteiger partial charge in [-0.05, 0) is 36.4 Å². The predicted molar refractivity (Wildman–Crippen MR) is 62.4 cm³/mol. The first-order valence-electron chi connectivity index (χ1n) is 4.73. The molecule has 0 aliphatic rings. The van der Waals surface area contributed by atoms with E-state index in [1.807, 2.05) is 73.6 Å². The van der Waals surface area contributed by atoms with Crippen LogP contribution in [-0.4, -0.2) is 15.0 Å². The van der Waals surface area contributed by atoms with E-state index in [2.05, 4.69) is 15.0 Å². The smallest absolute Gasteiger partial charge is 0.368 e. The fraction of sp³-hybridized carbons (Fsp3) is 0. The van der Waals surface area contributed by atoms with Crippen LogP contribution in [0.25, 0.3) is 0 Å². The van der Waals surface area contributed by atoms with Gasteiger partial charge in [0.05, 0.1) is 0 Å². The predicted octanol–water partition coefficient (Wildman–Crippen LogP) is 3.04. The molecule has 0 aromatic carbocycles. The van der Waals surface area contributed by atoms with Gasteiger partial charge in [-0.25, -0.2) is 0 Å². The van der Waals surface area contributed by atoms with Crippen molar-refractivity contribution in [3.05, 3.63) is 73.6 Å². The maximum absolute atomic E-state index is 2.86. The number of rotatable bonds is 0. The summed E-state index contributed by atoms with van der Waals surface area (Å²) in [7, 11) is 0. The van der Waals surface area contributed by atoms with Gasteiger partial charge in [0.15, 0.2) is 0 Å². The Labute approximate surface area is 109 Å². The molecule has 0 aliphatic heterocycles. The van der Waals surface area contributed by atoms with E-state index in [4.69, 9.17) is 0 Å². The van der Waals surface area contributed by atoms with Crippen molar-refractivity contribution in [1.82, 2.24) is 15.0 Å². The third kappa shape index (κ3) is 9.06. The van der Waals surface area contributed by atoms with E-state index >= 15 is 0 Å². The van der Waals surface area contributed by atoms with E-state index in [9.17, 15) is 0 Å². The topological polar surface area (TPSA) is 47.4 Å². The number of aromatic nitrogens is 3. The van der Waals surface area contributed by atoms with Crippen molar-refractivity contribution < 1.29 is 20.1 Å². The summed E-state index contributed by atoms with van der Waals surface area (Å²) in [5.41, 5.74) is 0.